The molecule has 0 aromatic heterocycles. The standard InChI is InChI=1S/C24H26ClN3O5/c1-5-32-20-12-16(10-18(25)22(20)33-14(2)3)11-19-23(30)28(24(31)27-19)13-21(29)26-17-8-6-15(4)7-9-17/h6-12,14H,5,13H2,1-4H3,(H,26,29)(H,27,31)/b19-11+. The van der Waals surface area contributed by atoms with E-state index in [1.54, 1.807) is 24.3 Å². The first-order valence-corrected chi connectivity index (χ1v) is 10.9. The molecule has 0 aliphatic carbocycles. The molecule has 4 amide bonds. The lowest BCUT2D eigenvalue weighted by molar-refractivity contribution is -0.127. The van der Waals surface area contributed by atoms with Gasteiger partial charge >= 0.3 is 6.03 Å². The number of benzene rings is 2. The maximum atomic E-state index is 12.8. The van der Waals surface area contributed by atoms with E-state index < -0.39 is 24.4 Å². The third-order valence-corrected chi connectivity index (χ3v) is 4.88. The minimum absolute atomic E-state index is 0.0270. The van der Waals surface area contributed by atoms with Crippen LogP contribution in [0.5, 0.6) is 11.5 Å². The van der Waals surface area contributed by atoms with Crippen molar-refractivity contribution in [2.75, 3.05) is 18.5 Å². The Balaban J connectivity index is 1.77. The number of ether oxygens (including phenoxy) is 2. The second kappa shape index (κ2) is 10.4. The molecule has 1 aliphatic rings. The van der Waals surface area contributed by atoms with Crippen LogP contribution >= 0.6 is 11.6 Å². The van der Waals surface area contributed by atoms with Crippen molar-refractivity contribution in [1.82, 2.24) is 10.2 Å². The summed E-state index contributed by atoms with van der Waals surface area (Å²) in [7, 11) is 0. The van der Waals surface area contributed by atoms with Crippen LogP contribution < -0.4 is 20.1 Å². The zero-order valence-corrected chi connectivity index (χ0v) is 19.7. The molecule has 0 bridgehead atoms. The lowest BCUT2D eigenvalue weighted by Crippen LogP contribution is -2.38. The van der Waals surface area contributed by atoms with Crippen LogP contribution in [0.1, 0.15) is 31.9 Å². The summed E-state index contributed by atoms with van der Waals surface area (Å²) < 4.78 is 11.4. The zero-order chi connectivity index (χ0) is 24.1. The number of anilines is 1. The fourth-order valence-electron chi connectivity index (χ4n) is 3.15. The Morgan fingerprint density at radius 3 is 2.55 bits per heavy atom. The van der Waals surface area contributed by atoms with Crippen LogP contribution in [0.2, 0.25) is 5.02 Å². The quantitative estimate of drug-likeness (QED) is 0.440. The number of rotatable bonds is 8. The molecule has 0 saturated carbocycles. The lowest BCUT2D eigenvalue weighted by atomic mass is 10.1. The molecule has 2 aromatic carbocycles. The van der Waals surface area contributed by atoms with Crippen LogP contribution in [0.25, 0.3) is 6.08 Å². The molecule has 0 radical (unpaired) electrons. The highest BCUT2D eigenvalue weighted by Gasteiger charge is 2.35. The number of amides is 4. The van der Waals surface area contributed by atoms with Crippen molar-refractivity contribution in [2.45, 2.75) is 33.8 Å². The van der Waals surface area contributed by atoms with Crippen molar-refractivity contribution in [2.24, 2.45) is 0 Å². The average molecular weight is 472 g/mol. The van der Waals surface area contributed by atoms with Crippen molar-refractivity contribution in [1.29, 1.82) is 0 Å². The highest BCUT2D eigenvalue weighted by molar-refractivity contribution is 6.32. The van der Waals surface area contributed by atoms with Gasteiger partial charge in [0, 0.05) is 5.69 Å². The van der Waals surface area contributed by atoms with Crippen LogP contribution in [-0.4, -0.2) is 42.0 Å². The predicted octanol–water partition coefficient (Wildman–Crippen LogP) is 4.37. The molecule has 2 N–H and O–H groups in total. The Kier molecular flexibility index (Phi) is 7.60. The van der Waals surface area contributed by atoms with E-state index in [9.17, 15) is 14.4 Å². The Morgan fingerprint density at radius 2 is 1.91 bits per heavy atom. The molecule has 0 spiro atoms. The second-order valence-corrected chi connectivity index (χ2v) is 8.13. The van der Waals surface area contributed by atoms with E-state index in [4.69, 9.17) is 21.1 Å². The highest BCUT2D eigenvalue weighted by atomic mass is 35.5. The molecular weight excluding hydrogens is 446 g/mol. The van der Waals surface area contributed by atoms with E-state index in [1.807, 2.05) is 39.8 Å². The molecule has 0 atom stereocenters. The summed E-state index contributed by atoms with van der Waals surface area (Å²) in [5.74, 6) is -0.264. The first-order chi connectivity index (χ1) is 15.7. The number of carbonyl (C=O) groups excluding carboxylic acids is 3. The monoisotopic (exact) mass is 471 g/mol. The molecule has 1 fully saturated rings. The topological polar surface area (TPSA) is 97.0 Å². The van der Waals surface area contributed by atoms with Gasteiger partial charge in [-0.05, 0) is 63.6 Å². The summed E-state index contributed by atoms with van der Waals surface area (Å²) in [6.45, 7) is 7.49. The Hall–Kier alpha value is -3.52. The van der Waals surface area contributed by atoms with Gasteiger partial charge in [0.2, 0.25) is 5.91 Å². The first-order valence-electron chi connectivity index (χ1n) is 10.5. The number of nitrogens with zero attached hydrogens (tertiary/aromatic N) is 1. The molecule has 2 aromatic rings. The smallest absolute Gasteiger partial charge is 0.329 e. The van der Waals surface area contributed by atoms with E-state index >= 15 is 0 Å². The summed E-state index contributed by atoms with van der Waals surface area (Å²) in [6.07, 6.45) is 1.37. The molecule has 9 heteroatoms. The number of nitrogens with one attached hydrogen (secondary N) is 2. The maximum absolute atomic E-state index is 12.8. The van der Waals surface area contributed by atoms with Crippen LogP contribution in [0.15, 0.2) is 42.1 Å². The number of urea groups is 1. The number of imide groups is 1. The molecule has 1 aliphatic heterocycles. The van der Waals surface area contributed by atoms with E-state index in [-0.39, 0.29) is 11.8 Å². The van der Waals surface area contributed by atoms with Gasteiger partial charge in [-0.15, -0.1) is 0 Å². The van der Waals surface area contributed by atoms with Gasteiger partial charge in [-0.2, -0.15) is 0 Å². The third kappa shape index (κ3) is 6.04. The van der Waals surface area contributed by atoms with Gasteiger partial charge in [0.05, 0.1) is 17.7 Å². The van der Waals surface area contributed by atoms with Gasteiger partial charge in [0.1, 0.15) is 12.2 Å². The maximum Gasteiger partial charge on any atom is 0.329 e. The van der Waals surface area contributed by atoms with Crippen molar-refractivity contribution >= 4 is 41.2 Å². The van der Waals surface area contributed by atoms with Gasteiger partial charge in [-0.25, -0.2) is 9.69 Å². The van der Waals surface area contributed by atoms with Gasteiger partial charge in [0.15, 0.2) is 11.5 Å². The number of aryl methyl sites for hydroxylation is 1. The number of carbonyl (C=O) groups is 3. The van der Waals surface area contributed by atoms with E-state index in [1.165, 1.54) is 6.08 Å². The Bertz CT molecular complexity index is 1100. The van der Waals surface area contributed by atoms with E-state index in [0.29, 0.717) is 34.4 Å². The normalized spacial score (nSPS) is 14.6. The average Bonchev–Trinajstić information content (AvgIpc) is 2.99. The van der Waals surface area contributed by atoms with E-state index in [0.717, 1.165) is 10.5 Å². The summed E-state index contributed by atoms with van der Waals surface area (Å²) in [5, 5.41) is 5.48. The minimum atomic E-state index is -0.679. The summed E-state index contributed by atoms with van der Waals surface area (Å²) in [6, 6.07) is 9.80. The fourth-order valence-corrected chi connectivity index (χ4v) is 3.41. The molecule has 1 heterocycles. The van der Waals surface area contributed by atoms with Gasteiger partial charge in [-0.3, -0.25) is 9.59 Å². The van der Waals surface area contributed by atoms with Crippen LogP contribution in [0, 0.1) is 6.92 Å². The number of hydrogen-bond donors (Lipinski definition) is 2. The Morgan fingerprint density at radius 1 is 1.21 bits per heavy atom. The minimum Gasteiger partial charge on any atom is -0.490 e. The predicted molar refractivity (Wildman–Crippen MR) is 126 cm³/mol. The molecule has 174 valence electrons. The molecule has 33 heavy (non-hydrogen) atoms. The van der Waals surface area contributed by atoms with Crippen molar-refractivity contribution in [3.05, 3.63) is 58.2 Å². The Labute approximate surface area is 197 Å². The van der Waals surface area contributed by atoms with Crippen LogP contribution in [-0.2, 0) is 9.59 Å². The van der Waals surface area contributed by atoms with Gasteiger partial charge in [0.25, 0.3) is 5.91 Å². The molecular formula is C24H26ClN3O5. The zero-order valence-electron chi connectivity index (χ0n) is 18.9. The van der Waals surface area contributed by atoms with Crippen molar-refractivity contribution < 1.29 is 23.9 Å². The second-order valence-electron chi connectivity index (χ2n) is 7.72. The van der Waals surface area contributed by atoms with Crippen LogP contribution in [0.4, 0.5) is 10.5 Å². The lowest BCUT2D eigenvalue weighted by Gasteiger charge is -2.16. The summed E-state index contributed by atoms with van der Waals surface area (Å²) >= 11 is 6.38. The first kappa shape index (κ1) is 24.1. The largest absolute Gasteiger partial charge is 0.490 e. The molecule has 0 unspecified atom stereocenters. The van der Waals surface area contributed by atoms with Gasteiger partial charge < -0.3 is 20.1 Å². The van der Waals surface area contributed by atoms with E-state index in [2.05, 4.69) is 10.6 Å². The number of halogens is 1. The van der Waals surface area contributed by atoms with Crippen molar-refractivity contribution in [3.63, 3.8) is 0 Å². The number of hydrogen-bond acceptors (Lipinski definition) is 5. The summed E-state index contributed by atoms with van der Waals surface area (Å²) in [5.41, 5.74) is 2.19. The molecule has 1 saturated heterocycles. The van der Waals surface area contributed by atoms with Crippen molar-refractivity contribution in [3.8, 4) is 11.5 Å². The highest BCUT2D eigenvalue weighted by Crippen LogP contribution is 2.38. The third-order valence-electron chi connectivity index (χ3n) is 4.60. The molecule has 8 nitrogen and oxygen atoms in total. The molecule has 3 rings (SSSR count). The van der Waals surface area contributed by atoms with Crippen LogP contribution in [0.3, 0.4) is 0 Å². The SMILES string of the molecule is CCOc1cc(/C=C2/NC(=O)N(CC(=O)Nc3ccc(C)cc3)C2=O)cc(Cl)c1OC(C)C. The summed E-state index contributed by atoms with van der Waals surface area (Å²) in [4.78, 5) is 38.3. The fraction of sp³-hybridized carbons (Fsp3) is 0.292. The van der Waals surface area contributed by atoms with Gasteiger partial charge in [-0.1, -0.05) is 29.3 Å².